The smallest absolute Gasteiger partial charge is 0.114 e. The van der Waals surface area contributed by atoms with Gasteiger partial charge in [-0.1, -0.05) is 38.3 Å². The summed E-state index contributed by atoms with van der Waals surface area (Å²) in [7, 11) is 0. The van der Waals surface area contributed by atoms with Crippen LogP contribution in [-0.2, 0) is 9.47 Å². The zero-order valence-electron chi connectivity index (χ0n) is 13.7. The number of unbranched alkanes of at least 4 members (excludes halogenated alkanes) is 5. The van der Waals surface area contributed by atoms with Crippen molar-refractivity contribution in [3.63, 3.8) is 0 Å². The minimum atomic E-state index is -1.00. The lowest BCUT2D eigenvalue weighted by Crippen LogP contribution is -2.42. The van der Waals surface area contributed by atoms with E-state index in [4.69, 9.17) is 14.6 Å². The quantitative estimate of drug-likeness (QED) is 0.378. The molecule has 0 saturated carbocycles. The molecule has 0 spiro atoms. The second-order valence-electron chi connectivity index (χ2n) is 5.91. The van der Waals surface area contributed by atoms with E-state index in [2.05, 4.69) is 19.1 Å². The Kier molecular flexibility index (Phi) is 10.7. The summed E-state index contributed by atoms with van der Waals surface area (Å²) in [6, 6.07) is 0. The number of rotatable bonds is 12. The Balaban J connectivity index is 2.07. The molecule has 1 fully saturated rings. The first kappa shape index (κ1) is 19.6. The highest BCUT2D eigenvalue weighted by molar-refractivity contribution is 4.89. The van der Waals surface area contributed by atoms with Crippen molar-refractivity contribution in [1.82, 2.24) is 0 Å². The number of aliphatic hydroxyl groups excluding tert-OH is 3. The lowest BCUT2D eigenvalue weighted by Gasteiger charge is -2.23. The van der Waals surface area contributed by atoms with Crippen LogP contribution in [0.5, 0.6) is 0 Å². The number of hydrogen-bond acceptors (Lipinski definition) is 5. The molecule has 1 heterocycles. The fraction of sp³-hybridized carbons (Fsp3) is 0.882. The van der Waals surface area contributed by atoms with Gasteiger partial charge >= 0.3 is 0 Å². The van der Waals surface area contributed by atoms with Crippen LogP contribution < -0.4 is 0 Å². The Morgan fingerprint density at radius 3 is 2.59 bits per heavy atom. The van der Waals surface area contributed by atoms with Gasteiger partial charge in [0.05, 0.1) is 13.2 Å². The van der Waals surface area contributed by atoms with Crippen molar-refractivity contribution in [2.24, 2.45) is 0 Å². The van der Waals surface area contributed by atoms with E-state index in [9.17, 15) is 10.2 Å². The van der Waals surface area contributed by atoms with Crippen LogP contribution in [0, 0.1) is 0 Å². The molecule has 0 amide bonds. The molecule has 5 heteroatoms. The fourth-order valence-corrected chi connectivity index (χ4v) is 2.58. The Morgan fingerprint density at radius 2 is 1.91 bits per heavy atom. The molecule has 0 radical (unpaired) electrons. The highest BCUT2D eigenvalue weighted by Gasteiger charge is 2.40. The van der Waals surface area contributed by atoms with Gasteiger partial charge in [0.1, 0.15) is 24.4 Å². The maximum Gasteiger partial charge on any atom is 0.114 e. The average Bonchev–Trinajstić information content (AvgIpc) is 2.89. The van der Waals surface area contributed by atoms with Crippen molar-refractivity contribution in [2.75, 3.05) is 19.8 Å². The molecular formula is C17H32O5. The van der Waals surface area contributed by atoms with Crippen LogP contribution in [0.4, 0.5) is 0 Å². The first-order valence-electron chi connectivity index (χ1n) is 8.55. The standard InChI is InChI=1S/C17H32O5/c1-2-3-4-5-6-7-8-9-10-11-21-17-15(20)13-22-16(17)14(19)12-18/h5-6,14-20H,2-4,7-13H2,1H3/b6-5+/t14-,15+,16-,17-/m1/s1. The Hall–Kier alpha value is -0.460. The SMILES string of the molecule is CCCC/C=C/CCCCCO[C@H]1[C@@H]([C@H](O)CO)OC[C@@H]1O. The Bertz CT molecular complexity index is 295. The summed E-state index contributed by atoms with van der Waals surface area (Å²) >= 11 is 0. The topological polar surface area (TPSA) is 79.2 Å². The van der Waals surface area contributed by atoms with Crippen LogP contribution in [0.15, 0.2) is 12.2 Å². The maximum atomic E-state index is 9.80. The number of allylic oxidation sites excluding steroid dienone is 2. The Morgan fingerprint density at radius 1 is 1.18 bits per heavy atom. The van der Waals surface area contributed by atoms with E-state index < -0.39 is 24.4 Å². The van der Waals surface area contributed by atoms with Gasteiger partial charge in [-0.2, -0.15) is 0 Å². The molecule has 0 bridgehead atoms. The van der Waals surface area contributed by atoms with E-state index in [0.29, 0.717) is 6.61 Å². The highest BCUT2D eigenvalue weighted by atomic mass is 16.6. The third-order valence-electron chi connectivity index (χ3n) is 3.95. The van der Waals surface area contributed by atoms with Crippen molar-refractivity contribution in [1.29, 1.82) is 0 Å². The van der Waals surface area contributed by atoms with Crippen molar-refractivity contribution in [3.8, 4) is 0 Å². The van der Waals surface area contributed by atoms with Gasteiger partial charge in [0.15, 0.2) is 0 Å². The van der Waals surface area contributed by atoms with Crippen molar-refractivity contribution in [2.45, 2.75) is 76.3 Å². The zero-order chi connectivity index (χ0) is 16.2. The molecule has 1 saturated heterocycles. The van der Waals surface area contributed by atoms with Crippen molar-refractivity contribution < 1.29 is 24.8 Å². The molecule has 0 aromatic heterocycles. The number of hydrogen-bond donors (Lipinski definition) is 3. The van der Waals surface area contributed by atoms with E-state index >= 15 is 0 Å². The highest BCUT2D eigenvalue weighted by Crippen LogP contribution is 2.21. The third-order valence-corrected chi connectivity index (χ3v) is 3.95. The molecule has 1 rings (SSSR count). The van der Waals surface area contributed by atoms with Crippen LogP contribution >= 0.6 is 0 Å². The largest absolute Gasteiger partial charge is 0.394 e. The van der Waals surface area contributed by atoms with Gasteiger partial charge in [0.25, 0.3) is 0 Å². The summed E-state index contributed by atoms with van der Waals surface area (Å²) in [5.41, 5.74) is 0. The normalized spacial score (nSPS) is 26.8. The molecule has 130 valence electrons. The van der Waals surface area contributed by atoms with Crippen LogP contribution in [0.1, 0.15) is 51.9 Å². The predicted molar refractivity (Wildman–Crippen MR) is 85.7 cm³/mol. The lowest BCUT2D eigenvalue weighted by atomic mass is 10.1. The summed E-state index contributed by atoms with van der Waals surface area (Å²) in [6.45, 7) is 2.50. The summed E-state index contributed by atoms with van der Waals surface area (Å²) in [6.07, 6.45) is 9.51. The third kappa shape index (κ3) is 7.20. The van der Waals surface area contributed by atoms with Gasteiger partial charge < -0.3 is 24.8 Å². The van der Waals surface area contributed by atoms with Crippen LogP contribution in [0.3, 0.4) is 0 Å². The van der Waals surface area contributed by atoms with Crippen LogP contribution in [0.25, 0.3) is 0 Å². The number of aliphatic hydroxyl groups is 3. The predicted octanol–water partition coefficient (Wildman–Crippen LogP) is 1.79. The van der Waals surface area contributed by atoms with E-state index in [1.807, 2.05) is 0 Å². The summed E-state index contributed by atoms with van der Waals surface area (Å²) in [5, 5.41) is 28.4. The van der Waals surface area contributed by atoms with Gasteiger partial charge in [0.2, 0.25) is 0 Å². The molecule has 1 aliphatic rings. The minimum Gasteiger partial charge on any atom is -0.394 e. The lowest BCUT2D eigenvalue weighted by molar-refractivity contribution is -0.0937. The first-order valence-corrected chi connectivity index (χ1v) is 8.55. The fourth-order valence-electron chi connectivity index (χ4n) is 2.58. The van der Waals surface area contributed by atoms with Crippen LogP contribution in [-0.4, -0.2) is 59.6 Å². The van der Waals surface area contributed by atoms with Gasteiger partial charge in [0, 0.05) is 6.61 Å². The van der Waals surface area contributed by atoms with Gasteiger partial charge in [-0.3, -0.25) is 0 Å². The zero-order valence-corrected chi connectivity index (χ0v) is 13.7. The van der Waals surface area contributed by atoms with E-state index in [-0.39, 0.29) is 13.2 Å². The molecule has 5 nitrogen and oxygen atoms in total. The number of ether oxygens (including phenoxy) is 2. The van der Waals surface area contributed by atoms with E-state index in [1.165, 1.54) is 19.3 Å². The van der Waals surface area contributed by atoms with E-state index in [0.717, 1.165) is 25.7 Å². The summed E-state index contributed by atoms with van der Waals surface area (Å²) in [5.74, 6) is 0. The molecule has 0 aliphatic carbocycles. The molecule has 0 aromatic carbocycles. The van der Waals surface area contributed by atoms with Gasteiger partial charge in [-0.05, 0) is 25.7 Å². The maximum absolute atomic E-state index is 9.80. The molecule has 22 heavy (non-hydrogen) atoms. The molecular weight excluding hydrogens is 284 g/mol. The molecule has 0 aromatic rings. The second-order valence-corrected chi connectivity index (χ2v) is 5.91. The minimum absolute atomic E-state index is 0.148. The monoisotopic (exact) mass is 316 g/mol. The first-order chi connectivity index (χ1) is 10.7. The summed E-state index contributed by atoms with van der Waals surface area (Å²) < 4.78 is 10.9. The van der Waals surface area contributed by atoms with Gasteiger partial charge in [-0.15, -0.1) is 0 Å². The van der Waals surface area contributed by atoms with Crippen molar-refractivity contribution >= 4 is 0 Å². The van der Waals surface area contributed by atoms with Crippen molar-refractivity contribution in [3.05, 3.63) is 12.2 Å². The average molecular weight is 316 g/mol. The Labute approximate surface area is 133 Å². The second kappa shape index (κ2) is 12.0. The van der Waals surface area contributed by atoms with Crippen LogP contribution in [0.2, 0.25) is 0 Å². The van der Waals surface area contributed by atoms with E-state index in [1.54, 1.807) is 0 Å². The molecule has 0 unspecified atom stereocenters. The molecule has 3 N–H and O–H groups in total. The summed E-state index contributed by atoms with van der Waals surface area (Å²) in [4.78, 5) is 0. The molecule has 4 atom stereocenters. The molecule has 1 aliphatic heterocycles. The van der Waals surface area contributed by atoms with Gasteiger partial charge in [-0.25, -0.2) is 0 Å².